The molecule has 0 amide bonds. The number of halogens is 3. The summed E-state index contributed by atoms with van der Waals surface area (Å²) in [6.45, 7) is 5.06. The van der Waals surface area contributed by atoms with Gasteiger partial charge >= 0.3 is 5.97 Å². The zero-order valence-electron chi connectivity index (χ0n) is 20.5. The van der Waals surface area contributed by atoms with Crippen molar-refractivity contribution in [1.82, 2.24) is 4.98 Å². The maximum absolute atomic E-state index is 15.4. The Morgan fingerprint density at radius 2 is 1.78 bits per heavy atom. The first-order valence-corrected chi connectivity index (χ1v) is 11.5. The van der Waals surface area contributed by atoms with Crippen LogP contribution in [0.25, 0.3) is 0 Å². The summed E-state index contributed by atoms with van der Waals surface area (Å²) in [5.74, 6) is -8.49. The van der Waals surface area contributed by atoms with Gasteiger partial charge in [0.1, 0.15) is 6.61 Å². The summed E-state index contributed by atoms with van der Waals surface area (Å²) >= 11 is 0. The Hall–Kier alpha value is -4.26. The van der Waals surface area contributed by atoms with Crippen LogP contribution in [0.4, 0.5) is 13.2 Å². The minimum Gasteiger partial charge on any atom is -0.485 e. The van der Waals surface area contributed by atoms with Crippen LogP contribution in [0, 0.1) is 34.8 Å². The van der Waals surface area contributed by atoms with Crippen LogP contribution in [0.3, 0.4) is 0 Å². The highest BCUT2D eigenvalue weighted by Crippen LogP contribution is 2.37. The molecule has 2 atom stereocenters. The zero-order valence-corrected chi connectivity index (χ0v) is 20.5. The van der Waals surface area contributed by atoms with E-state index in [1.54, 1.807) is 20.8 Å². The molecule has 2 unspecified atom stereocenters. The van der Waals surface area contributed by atoms with Gasteiger partial charge in [-0.2, -0.15) is 23.4 Å². The number of ether oxygens (including phenoxy) is 4. The first kappa shape index (κ1) is 27.3. The third kappa shape index (κ3) is 6.70. The van der Waals surface area contributed by atoms with E-state index < -0.39 is 47.2 Å². The first-order valence-electron chi connectivity index (χ1n) is 11.5. The number of hydrogen-bond donors (Lipinski definition) is 0. The molecule has 7 nitrogen and oxygen atoms in total. The van der Waals surface area contributed by atoms with E-state index in [0.717, 1.165) is 5.56 Å². The fraction of sp³-hybridized carbons (Fsp3) is 0.296. The molecule has 0 radical (unpaired) electrons. The predicted molar refractivity (Wildman–Crippen MR) is 127 cm³/mol. The number of carbonyl (C=O) groups is 1. The van der Waals surface area contributed by atoms with Crippen molar-refractivity contribution in [1.29, 1.82) is 5.26 Å². The van der Waals surface area contributed by atoms with Gasteiger partial charge in [0.05, 0.1) is 18.2 Å². The summed E-state index contributed by atoms with van der Waals surface area (Å²) in [4.78, 5) is 15.6. The molecule has 3 aromatic rings. The maximum Gasteiger partial charge on any atom is 0.347 e. The molecule has 0 saturated carbocycles. The van der Waals surface area contributed by atoms with E-state index in [1.165, 1.54) is 18.2 Å². The van der Waals surface area contributed by atoms with E-state index in [4.69, 9.17) is 18.9 Å². The lowest BCUT2D eigenvalue weighted by atomic mass is 10.0. The standard InChI is InChI=1S/C27H25F3N2O5/c1-4-16(3)23(27(33)34-5-2)37-24-21(28)25(30)32-26(22(24)29)36-20-13-18(14-31)11-12-19(20)35-15-17-9-7-6-8-10-17/h6-13,16,23H,4-5,15H2,1-3H3. The molecule has 2 aromatic carbocycles. The van der Waals surface area contributed by atoms with Crippen LogP contribution < -0.4 is 14.2 Å². The van der Waals surface area contributed by atoms with E-state index in [9.17, 15) is 18.8 Å². The van der Waals surface area contributed by atoms with Crippen LogP contribution in [0.2, 0.25) is 0 Å². The number of esters is 1. The maximum atomic E-state index is 15.4. The number of nitrogens with zero attached hydrogens (tertiary/aromatic N) is 2. The fourth-order valence-electron chi connectivity index (χ4n) is 3.22. The third-order valence-corrected chi connectivity index (χ3v) is 5.41. The molecule has 1 heterocycles. The van der Waals surface area contributed by atoms with Crippen LogP contribution in [0.5, 0.6) is 23.1 Å². The number of rotatable bonds is 11. The summed E-state index contributed by atoms with van der Waals surface area (Å²) in [5.41, 5.74) is 0.960. The smallest absolute Gasteiger partial charge is 0.347 e. The number of carbonyl (C=O) groups excluding carboxylic acids is 1. The van der Waals surface area contributed by atoms with Gasteiger partial charge in [-0.25, -0.2) is 4.79 Å². The molecule has 0 N–H and O–H groups in total. The van der Waals surface area contributed by atoms with Crippen molar-refractivity contribution in [2.75, 3.05) is 6.61 Å². The highest BCUT2D eigenvalue weighted by Gasteiger charge is 2.33. The summed E-state index contributed by atoms with van der Waals surface area (Å²) in [5, 5.41) is 9.27. The van der Waals surface area contributed by atoms with Gasteiger partial charge in [-0.1, -0.05) is 44.2 Å². The van der Waals surface area contributed by atoms with Crippen LogP contribution in [0.15, 0.2) is 48.5 Å². The van der Waals surface area contributed by atoms with Crippen molar-refractivity contribution < 1.29 is 36.9 Å². The third-order valence-electron chi connectivity index (χ3n) is 5.41. The van der Waals surface area contributed by atoms with Crippen LogP contribution >= 0.6 is 0 Å². The molecule has 10 heteroatoms. The minimum absolute atomic E-state index is 0.0140. The second kappa shape index (κ2) is 12.6. The van der Waals surface area contributed by atoms with E-state index in [0.29, 0.717) is 6.42 Å². The largest absolute Gasteiger partial charge is 0.485 e. The SMILES string of the molecule is CCOC(=O)C(Oc1c(F)c(F)nc(Oc2cc(C#N)ccc2OCc2ccccc2)c1F)C(C)CC. The van der Waals surface area contributed by atoms with Crippen molar-refractivity contribution >= 4 is 5.97 Å². The lowest BCUT2D eigenvalue weighted by Gasteiger charge is -2.23. The van der Waals surface area contributed by atoms with Crippen LogP contribution in [0.1, 0.15) is 38.3 Å². The van der Waals surface area contributed by atoms with Crippen molar-refractivity contribution in [2.24, 2.45) is 5.92 Å². The zero-order chi connectivity index (χ0) is 26.9. The van der Waals surface area contributed by atoms with Crippen molar-refractivity contribution in [2.45, 2.75) is 39.9 Å². The van der Waals surface area contributed by atoms with Gasteiger partial charge in [0.2, 0.25) is 17.4 Å². The predicted octanol–water partition coefficient (Wildman–Crippen LogP) is 6.10. The van der Waals surface area contributed by atoms with E-state index in [1.807, 2.05) is 36.4 Å². The van der Waals surface area contributed by atoms with Gasteiger partial charge in [-0.05, 0) is 31.0 Å². The van der Waals surface area contributed by atoms with Crippen molar-refractivity contribution in [3.8, 4) is 29.2 Å². The summed E-state index contributed by atoms with van der Waals surface area (Å²) in [6, 6.07) is 15.1. The van der Waals surface area contributed by atoms with Gasteiger partial charge in [-0.3, -0.25) is 0 Å². The molecule has 0 fully saturated rings. The first-order chi connectivity index (χ1) is 17.8. The van der Waals surface area contributed by atoms with Gasteiger partial charge < -0.3 is 18.9 Å². The molecular formula is C27H25F3N2O5. The van der Waals surface area contributed by atoms with Gasteiger partial charge in [0.25, 0.3) is 11.8 Å². The number of nitriles is 1. The average molecular weight is 515 g/mol. The van der Waals surface area contributed by atoms with Gasteiger partial charge in [0.15, 0.2) is 17.6 Å². The Morgan fingerprint density at radius 1 is 1.05 bits per heavy atom. The number of benzene rings is 2. The molecule has 0 saturated heterocycles. The normalized spacial score (nSPS) is 12.2. The highest BCUT2D eigenvalue weighted by atomic mass is 19.2. The Balaban J connectivity index is 1.97. The molecule has 37 heavy (non-hydrogen) atoms. The minimum atomic E-state index is -1.73. The lowest BCUT2D eigenvalue weighted by Crippen LogP contribution is -2.36. The van der Waals surface area contributed by atoms with Crippen molar-refractivity contribution in [3.05, 3.63) is 77.2 Å². The molecule has 0 spiro atoms. The molecule has 3 rings (SSSR count). The highest BCUT2D eigenvalue weighted by molar-refractivity contribution is 5.75. The monoisotopic (exact) mass is 514 g/mol. The lowest BCUT2D eigenvalue weighted by molar-refractivity contribution is -0.154. The van der Waals surface area contributed by atoms with E-state index in [-0.39, 0.29) is 30.3 Å². The molecular weight excluding hydrogens is 489 g/mol. The average Bonchev–Trinajstić information content (AvgIpc) is 2.91. The van der Waals surface area contributed by atoms with E-state index >= 15 is 4.39 Å². The quantitative estimate of drug-likeness (QED) is 0.226. The Kier molecular flexibility index (Phi) is 9.33. The molecule has 0 aliphatic carbocycles. The number of aromatic nitrogens is 1. The molecule has 0 aliphatic heterocycles. The Morgan fingerprint density at radius 3 is 2.43 bits per heavy atom. The number of pyridine rings is 1. The number of hydrogen-bond acceptors (Lipinski definition) is 7. The topological polar surface area (TPSA) is 90.7 Å². The summed E-state index contributed by atoms with van der Waals surface area (Å²) in [7, 11) is 0. The summed E-state index contributed by atoms with van der Waals surface area (Å²) in [6.07, 6.45) is -0.998. The summed E-state index contributed by atoms with van der Waals surface area (Å²) < 4.78 is 65.8. The van der Waals surface area contributed by atoms with Gasteiger partial charge in [0, 0.05) is 12.0 Å². The van der Waals surface area contributed by atoms with Crippen LogP contribution in [-0.2, 0) is 16.1 Å². The van der Waals surface area contributed by atoms with Gasteiger partial charge in [-0.15, -0.1) is 0 Å². The second-order valence-electron chi connectivity index (χ2n) is 7.99. The molecule has 0 aliphatic rings. The molecule has 194 valence electrons. The molecule has 0 bridgehead atoms. The Labute approximate surface area is 212 Å². The second-order valence-corrected chi connectivity index (χ2v) is 7.99. The van der Waals surface area contributed by atoms with Crippen LogP contribution in [-0.4, -0.2) is 23.7 Å². The Bertz CT molecular complexity index is 1280. The van der Waals surface area contributed by atoms with E-state index in [2.05, 4.69) is 4.98 Å². The molecule has 1 aromatic heterocycles. The fourth-order valence-corrected chi connectivity index (χ4v) is 3.22. The van der Waals surface area contributed by atoms with Crippen molar-refractivity contribution in [3.63, 3.8) is 0 Å².